The number of fused-ring (bicyclic) bond motifs is 1. The number of likely N-dealkylation sites (tertiary alicyclic amines) is 1. The Kier molecular flexibility index (Phi) is 4.22. The molecule has 2 nitrogen and oxygen atoms in total. The van der Waals surface area contributed by atoms with Crippen LogP contribution in [0, 0.1) is 5.92 Å². The molecular weight excluding hydrogens is 277 g/mol. The molecular formula is C16H21F3N2. The molecule has 1 saturated heterocycles. The molecule has 0 aromatic heterocycles. The van der Waals surface area contributed by atoms with Gasteiger partial charge in [0.05, 0.1) is 5.92 Å². The van der Waals surface area contributed by atoms with E-state index in [0.29, 0.717) is 13.1 Å². The van der Waals surface area contributed by atoms with Gasteiger partial charge in [0.2, 0.25) is 0 Å². The van der Waals surface area contributed by atoms with Crippen molar-refractivity contribution in [2.75, 3.05) is 19.6 Å². The van der Waals surface area contributed by atoms with Gasteiger partial charge in [0.15, 0.2) is 0 Å². The van der Waals surface area contributed by atoms with Gasteiger partial charge in [0.1, 0.15) is 0 Å². The number of nitrogens with one attached hydrogen (secondary N) is 1. The van der Waals surface area contributed by atoms with E-state index in [-0.39, 0.29) is 18.9 Å². The number of nitrogens with zero attached hydrogens (tertiary/aromatic N) is 1. The summed E-state index contributed by atoms with van der Waals surface area (Å²) < 4.78 is 38.4. The Morgan fingerprint density at radius 1 is 1.05 bits per heavy atom. The van der Waals surface area contributed by atoms with Crippen molar-refractivity contribution < 1.29 is 13.2 Å². The second-order valence-electron chi connectivity index (χ2n) is 6.03. The minimum Gasteiger partial charge on any atom is -0.313 e. The molecule has 2 aliphatic rings. The van der Waals surface area contributed by atoms with Crippen LogP contribution in [0.1, 0.15) is 36.4 Å². The monoisotopic (exact) mass is 298 g/mol. The fourth-order valence-corrected chi connectivity index (χ4v) is 3.56. The van der Waals surface area contributed by atoms with Gasteiger partial charge in [-0.15, -0.1) is 0 Å². The Morgan fingerprint density at radius 3 is 2.48 bits per heavy atom. The number of benzene rings is 1. The average molecular weight is 298 g/mol. The first-order chi connectivity index (χ1) is 10.1. The summed E-state index contributed by atoms with van der Waals surface area (Å²) in [6.07, 6.45) is -2.60. The maximum Gasteiger partial charge on any atom is 0.391 e. The zero-order chi connectivity index (χ0) is 14.9. The molecule has 0 bridgehead atoms. The highest BCUT2D eigenvalue weighted by Crippen LogP contribution is 2.38. The summed E-state index contributed by atoms with van der Waals surface area (Å²) in [6, 6.07) is 8.55. The van der Waals surface area contributed by atoms with Gasteiger partial charge in [-0.2, -0.15) is 13.2 Å². The van der Waals surface area contributed by atoms with Crippen molar-refractivity contribution >= 4 is 0 Å². The van der Waals surface area contributed by atoms with Crippen molar-refractivity contribution in [3.63, 3.8) is 0 Å². The first kappa shape index (κ1) is 14.9. The zero-order valence-corrected chi connectivity index (χ0v) is 12.0. The number of rotatable bonds is 1. The SMILES string of the molecule is FC(F)(F)C1CCN(C2CCNCc3ccccc32)CC1. The Morgan fingerprint density at radius 2 is 1.76 bits per heavy atom. The second kappa shape index (κ2) is 5.97. The average Bonchev–Trinajstić information content (AvgIpc) is 2.69. The predicted octanol–water partition coefficient (Wildman–Crippen LogP) is 3.50. The molecule has 1 aromatic carbocycles. The number of alkyl halides is 3. The van der Waals surface area contributed by atoms with Crippen LogP contribution in [-0.4, -0.2) is 30.7 Å². The van der Waals surface area contributed by atoms with E-state index in [1.54, 1.807) is 0 Å². The van der Waals surface area contributed by atoms with Gasteiger partial charge in [-0.1, -0.05) is 24.3 Å². The molecule has 2 aliphatic heterocycles. The molecule has 0 spiro atoms. The van der Waals surface area contributed by atoms with Gasteiger partial charge in [-0.25, -0.2) is 0 Å². The number of piperidine rings is 1. The van der Waals surface area contributed by atoms with E-state index >= 15 is 0 Å². The summed E-state index contributed by atoms with van der Waals surface area (Å²) in [6.45, 7) is 2.86. The lowest BCUT2D eigenvalue weighted by Gasteiger charge is -2.38. The van der Waals surface area contributed by atoms with E-state index in [0.717, 1.165) is 19.5 Å². The largest absolute Gasteiger partial charge is 0.391 e. The van der Waals surface area contributed by atoms with Gasteiger partial charge in [-0.05, 0) is 50.0 Å². The van der Waals surface area contributed by atoms with Crippen LogP contribution in [0.15, 0.2) is 24.3 Å². The molecule has 1 fully saturated rings. The minimum absolute atomic E-state index is 0.232. The van der Waals surface area contributed by atoms with Gasteiger partial charge >= 0.3 is 6.18 Å². The number of hydrogen-bond donors (Lipinski definition) is 1. The van der Waals surface area contributed by atoms with E-state index in [2.05, 4.69) is 22.3 Å². The Balaban J connectivity index is 1.73. The standard InChI is InChI=1S/C16H21F3N2/c17-16(18,19)13-6-9-21(10-7-13)15-5-8-20-11-12-3-1-2-4-14(12)15/h1-4,13,15,20H,5-11H2. The summed E-state index contributed by atoms with van der Waals surface area (Å²) in [5, 5.41) is 3.40. The van der Waals surface area contributed by atoms with Crippen LogP contribution in [0.2, 0.25) is 0 Å². The second-order valence-corrected chi connectivity index (χ2v) is 6.03. The van der Waals surface area contributed by atoms with Gasteiger partial charge in [-0.3, -0.25) is 4.90 Å². The summed E-state index contributed by atoms with van der Waals surface area (Å²) >= 11 is 0. The van der Waals surface area contributed by atoms with E-state index in [1.165, 1.54) is 11.1 Å². The van der Waals surface area contributed by atoms with Crippen molar-refractivity contribution in [3.05, 3.63) is 35.4 Å². The first-order valence-electron chi connectivity index (χ1n) is 7.65. The minimum atomic E-state index is -4.03. The van der Waals surface area contributed by atoms with Crippen LogP contribution in [0.5, 0.6) is 0 Å². The third kappa shape index (κ3) is 3.24. The summed E-state index contributed by atoms with van der Waals surface area (Å²) in [4.78, 5) is 2.24. The van der Waals surface area contributed by atoms with Crippen molar-refractivity contribution in [2.45, 2.75) is 38.0 Å². The molecule has 5 heteroatoms. The molecule has 116 valence electrons. The van der Waals surface area contributed by atoms with E-state index in [1.807, 2.05) is 12.1 Å². The van der Waals surface area contributed by atoms with Crippen molar-refractivity contribution in [2.24, 2.45) is 5.92 Å². The van der Waals surface area contributed by atoms with Gasteiger partial charge in [0.25, 0.3) is 0 Å². The highest BCUT2D eigenvalue weighted by molar-refractivity contribution is 5.31. The molecule has 0 amide bonds. The Bertz CT molecular complexity index is 479. The topological polar surface area (TPSA) is 15.3 Å². The molecule has 1 atom stereocenters. The molecule has 1 N–H and O–H groups in total. The summed E-state index contributed by atoms with van der Waals surface area (Å²) in [5.74, 6) is -1.12. The molecule has 0 saturated carbocycles. The van der Waals surface area contributed by atoms with Crippen LogP contribution in [0.4, 0.5) is 13.2 Å². The smallest absolute Gasteiger partial charge is 0.313 e. The third-order valence-corrected chi connectivity index (χ3v) is 4.76. The molecule has 1 unspecified atom stereocenters. The fourth-order valence-electron chi connectivity index (χ4n) is 3.56. The van der Waals surface area contributed by atoms with Crippen LogP contribution >= 0.6 is 0 Å². The Labute approximate surface area is 123 Å². The predicted molar refractivity (Wildman–Crippen MR) is 75.9 cm³/mol. The number of hydrogen-bond acceptors (Lipinski definition) is 2. The molecule has 2 heterocycles. The molecule has 0 aliphatic carbocycles. The van der Waals surface area contributed by atoms with Crippen LogP contribution < -0.4 is 5.32 Å². The lowest BCUT2D eigenvalue weighted by molar-refractivity contribution is -0.186. The number of halogens is 3. The molecule has 21 heavy (non-hydrogen) atoms. The molecule has 1 aromatic rings. The van der Waals surface area contributed by atoms with Gasteiger partial charge in [0, 0.05) is 12.6 Å². The highest BCUT2D eigenvalue weighted by Gasteiger charge is 2.42. The van der Waals surface area contributed by atoms with Gasteiger partial charge < -0.3 is 5.32 Å². The Hall–Kier alpha value is -1.07. The van der Waals surface area contributed by atoms with Crippen LogP contribution in [0.3, 0.4) is 0 Å². The van der Waals surface area contributed by atoms with Crippen molar-refractivity contribution in [1.29, 1.82) is 0 Å². The lowest BCUT2D eigenvalue weighted by atomic mass is 9.91. The summed E-state index contributed by atoms with van der Waals surface area (Å²) in [7, 11) is 0. The van der Waals surface area contributed by atoms with E-state index < -0.39 is 12.1 Å². The van der Waals surface area contributed by atoms with Crippen LogP contribution in [-0.2, 0) is 6.54 Å². The van der Waals surface area contributed by atoms with Crippen molar-refractivity contribution in [3.8, 4) is 0 Å². The first-order valence-corrected chi connectivity index (χ1v) is 7.65. The quantitative estimate of drug-likeness (QED) is 0.853. The fraction of sp³-hybridized carbons (Fsp3) is 0.625. The van der Waals surface area contributed by atoms with Crippen molar-refractivity contribution in [1.82, 2.24) is 10.2 Å². The van der Waals surface area contributed by atoms with E-state index in [9.17, 15) is 13.2 Å². The maximum atomic E-state index is 12.8. The third-order valence-electron chi connectivity index (χ3n) is 4.76. The normalized spacial score (nSPS) is 25.4. The summed E-state index contributed by atoms with van der Waals surface area (Å²) in [5.41, 5.74) is 2.56. The molecule has 3 rings (SSSR count). The molecule has 0 radical (unpaired) electrons. The highest BCUT2D eigenvalue weighted by atomic mass is 19.4. The van der Waals surface area contributed by atoms with E-state index in [4.69, 9.17) is 0 Å². The maximum absolute atomic E-state index is 12.8. The zero-order valence-electron chi connectivity index (χ0n) is 12.0. The lowest BCUT2D eigenvalue weighted by Crippen LogP contribution is -2.41. The van der Waals surface area contributed by atoms with Crippen LogP contribution in [0.25, 0.3) is 0 Å².